The summed E-state index contributed by atoms with van der Waals surface area (Å²) in [7, 11) is 0. The molecule has 0 spiro atoms. The second-order valence-electron chi connectivity index (χ2n) is 4.48. The summed E-state index contributed by atoms with van der Waals surface area (Å²) in [6, 6.07) is 21.9. The molecule has 0 bridgehead atoms. The van der Waals surface area contributed by atoms with E-state index in [9.17, 15) is 0 Å². The summed E-state index contributed by atoms with van der Waals surface area (Å²) in [4.78, 5) is 0. The molecule has 0 aliphatic carbocycles. The van der Waals surface area contributed by atoms with Crippen molar-refractivity contribution in [3.05, 3.63) is 95.9 Å². The third-order valence-corrected chi connectivity index (χ3v) is 3.00. The fourth-order valence-electron chi connectivity index (χ4n) is 1.98. The Balaban J connectivity index is 1.97. The average Bonchev–Trinajstić information content (AvgIpc) is 3.07. The van der Waals surface area contributed by atoms with Crippen molar-refractivity contribution in [1.29, 1.82) is 0 Å². The van der Waals surface area contributed by atoms with Crippen molar-refractivity contribution in [1.82, 2.24) is 0 Å². The van der Waals surface area contributed by atoms with Crippen molar-refractivity contribution in [2.45, 2.75) is 0 Å². The lowest BCUT2D eigenvalue weighted by atomic mass is 10.0. The van der Waals surface area contributed by atoms with Crippen LogP contribution in [0.4, 0.5) is 0 Å². The topological polar surface area (TPSA) is 37.9 Å². The molecular formula is C18H14N2O. The van der Waals surface area contributed by atoms with E-state index in [4.69, 9.17) is 4.42 Å². The van der Waals surface area contributed by atoms with Gasteiger partial charge in [-0.2, -0.15) is 5.10 Å². The van der Waals surface area contributed by atoms with Crippen molar-refractivity contribution in [2.75, 3.05) is 0 Å². The van der Waals surface area contributed by atoms with Crippen molar-refractivity contribution in [2.24, 2.45) is 10.2 Å². The van der Waals surface area contributed by atoms with Gasteiger partial charge in [0.1, 0.15) is 5.71 Å². The molecular weight excluding hydrogens is 260 g/mol. The Morgan fingerprint density at radius 3 is 1.95 bits per heavy atom. The van der Waals surface area contributed by atoms with Gasteiger partial charge in [-0.3, -0.25) is 0 Å². The molecule has 3 aromatic rings. The maximum Gasteiger partial charge on any atom is 0.100 e. The van der Waals surface area contributed by atoms with Crippen molar-refractivity contribution in [3.8, 4) is 0 Å². The standard InChI is InChI=1S/C18H14N2O/c1-3-7-16(8-4-1)18(17-9-5-2-6-10-17)20-19-13-15-11-12-21-14-15/h1-14H. The van der Waals surface area contributed by atoms with Crippen LogP contribution in [0.1, 0.15) is 16.7 Å². The highest BCUT2D eigenvalue weighted by atomic mass is 16.3. The molecule has 0 atom stereocenters. The quantitative estimate of drug-likeness (QED) is 0.520. The first-order valence-corrected chi connectivity index (χ1v) is 6.67. The molecule has 0 unspecified atom stereocenters. The molecule has 3 nitrogen and oxygen atoms in total. The lowest BCUT2D eigenvalue weighted by Crippen LogP contribution is -2.02. The zero-order valence-electron chi connectivity index (χ0n) is 11.4. The SMILES string of the molecule is C(=NN=C(c1ccccc1)c1ccccc1)c1ccoc1. The molecule has 0 N–H and O–H groups in total. The Morgan fingerprint density at radius 2 is 1.43 bits per heavy atom. The summed E-state index contributed by atoms with van der Waals surface area (Å²) in [6.45, 7) is 0. The number of hydrogen-bond acceptors (Lipinski definition) is 3. The highest BCUT2D eigenvalue weighted by molar-refractivity contribution is 6.12. The van der Waals surface area contributed by atoms with E-state index < -0.39 is 0 Å². The van der Waals surface area contributed by atoms with Crippen molar-refractivity contribution < 1.29 is 4.42 Å². The predicted octanol–water partition coefficient (Wildman–Crippen LogP) is 4.15. The Morgan fingerprint density at radius 1 is 0.810 bits per heavy atom. The largest absolute Gasteiger partial charge is 0.472 e. The van der Waals surface area contributed by atoms with Gasteiger partial charge in [0.25, 0.3) is 0 Å². The molecule has 21 heavy (non-hydrogen) atoms. The summed E-state index contributed by atoms with van der Waals surface area (Å²) in [6.07, 6.45) is 4.92. The van der Waals surface area contributed by atoms with Gasteiger partial charge in [-0.05, 0) is 6.07 Å². The van der Waals surface area contributed by atoms with E-state index in [1.165, 1.54) is 0 Å². The highest BCUT2D eigenvalue weighted by Gasteiger charge is 2.05. The number of rotatable bonds is 4. The summed E-state index contributed by atoms with van der Waals surface area (Å²) in [5.41, 5.74) is 3.80. The molecule has 0 fully saturated rings. The molecule has 3 heteroatoms. The van der Waals surface area contributed by atoms with Crippen LogP contribution < -0.4 is 0 Å². The van der Waals surface area contributed by atoms with Crippen LogP contribution in [0.25, 0.3) is 0 Å². The van der Waals surface area contributed by atoms with Gasteiger partial charge < -0.3 is 4.42 Å². The Hall–Kier alpha value is -2.94. The van der Waals surface area contributed by atoms with E-state index in [1.807, 2.05) is 66.7 Å². The first-order valence-electron chi connectivity index (χ1n) is 6.67. The molecule has 0 saturated heterocycles. The van der Waals surface area contributed by atoms with Gasteiger partial charge >= 0.3 is 0 Å². The number of hydrogen-bond donors (Lipinski definition) is 0. The van der Waals surface area contributed by atoms with E-state index in [1.54, 1.807) is 18.7 Å². The maximum atomic E-state index is 5.00. The Labute approximate surface area is 123 Å². The molecule has 1 aromatic heterocycles. The van der Waals surface area contributed by atoms with E-state index in [0.717, 1.165) is 22.4 Å². The lowest BCUT2D eigenvalue weighted by molar-refractivity contribution is 0.567. The monoisotopic (exact) mass is 274 g/mol. The number of benzene rings is 2. The molecule has 0 aliphatic heterocycles. The van der Waals surface area contributed by atoms with Crippen molar-refractivity contribution in [3.63, 3.8) is 0 Å². The minimum atomic E-state index is 0.843. The molecule has 102 valence electrons. The van der Waals surface area contributed by atoms with Crippen LogP contribution in [-0.4, -0.2) is 11.9 Å². The molecule has 0 radical (unpaired) electrons. The normalized spacial score (nSPS) is 10.7. The first kappa shape index (κ1) is 13.1. The second kappa shape index (κ2) is 6.48. The van der Waals surface area contributed by atoms with Crippen LogP contribution >= 0.6 is 0 Å². The smallest absolute Gasteiger partial charge is 0.100 e. The third kappa shape index (κ3) is 3.34. The van der Waals surface area contributed by atoms with Gasteiger partial charge in [0.05, 0.1) is 18.7 Å². The summed E-state index contributed by atoms with van der Waals surface area (Å²) >= 11 is 0. The number of nitrogens with zero attached hydrogens (tertiary/aromatic N) is 2. The van der Waals surface area contributed by atoms with Crippen LogP contribution in [0.2, 0.25) is 0 Å². The first-order chi connectivity index (χ1) is 10.4. The van der Waals surface area contributed by atoms with E-state index in [0.29, 0.717) is 0 Å². The minimum Gasteiger partial charge on any atom is -0.472 e. The predicted molar refractivity (Wildman–Crippen MR) is 84.8 cm³/mol. The van der Waals surface area contributed by atoms with Gasteiger partial charge in [-0.25, -0.2) is 0 Å². The molecule has 0 aliphatic rings. The number of furan rings is 1. The summed E-state index contributed by atoms with van der Waals surface area (Å²) in [5.74, 6) is 0. The van der Waals surface area contributed by atoms with Gasteiger partial charge in [0.15, 0.2) is 0 Å². The van der Waals surface area contributed by atoms with Gasteiger partial charge in [-0.15, -0.1) is 5.10 Å². The zero-order chi connectivity index (χ0) is 14.3. The highest BCUT2D eigenvalue weighted by Crippen LogP contribution is 2.11. The van der Waals surface area contributed by atoms with Gasteiger partial charge in [0.2, 0.25) is 0 Å². The van der Waals surface area contributed by atoms with Crippen LogP contribution in [0.3, 0.4) is 0 Å². The van der Waals surface area contributed by atoms with Crippen molar-refractivity contribution >= 4 is 11.9 Å². The fourth-order valence-corrected chi connectivity index (χ4v) is 1.98. The van der Waals surface area contributed by atoms with Crippen LogP contribution in [0.15, 0.2) is 93.9 Å². The summed E-state index contributed by atoms with van der Waals surface area (Å²) < 4.78 is 5.00. The van der Waals surface area contributed by atoms with E-state index >= 15 is 0 Å². The zero-order valence-corrected chi connectivity index (χ0v) is 11.4. The lowest BCUT2D eigenvalue weighted by Gasteiger charge is -2.04. The van der Waals surface area contributed by atoms with Crippen LogP contribution in [0, 0.1) is 0 Å². The second-order valence-corrected chi connectivity index (χ2v) is 4.48. The van der Waals surface area contributed by atoms with E-state index in [-0.39, 0.29) is 0 Å². The molecule has 3 rings (SSSR count). The van der Waals surface area contributed by atoms with E-state index in [2.05, 4.69) is 10.2 Å². The van der Waals surface area contributed by atoms with Gasteiger partial charge in [-0.1, -0.05) is 60.7 Å². The molecule has 1 heterocycles. The molecule has 2 aromatic carbocycles. The van der Waals surface area contributed by atoms with Gasteiger partial charge in [0, 0.05) is 16.7 Å². The summed E-state index contributed by atoms with van der Waals surface area (Å²) in [5, 5.41) is 8.55. The fraction of sp³-hybridized carbons (Fsp3) is 0. The third-order valence-electron chi connectivity index (χ3n) is 3.00. The Bertz CT molecular complexity index is 688. The molecule has 0 amide bonds. The Kier molecular flexibility index (Phi) is 4.03. The molecule has 0 saturated carbocycles. The van der Waals surface area contributed by atoms with Crippen LogP contribution in [0.5, 0.6) is 0 Å². The maximum absolute atomic E-state index is 5.00. The van der Waals surface area contributed by atoms with Crippen LogP contribution in [-0.2, 0) is 0 Å². The average molecular weight is 274 g/mol. The minimum absolute atomic E-state index is 0.843.